The zero-order valence-corrected chi connectivity index (χ0v) is 7.81. The number of nitrogens with two attached hydrogens (primary N) is 1. The lowest BCUT2D eigenvalue weighted by Crippen LogP contribution is -2.33. The first-order valence-corrected chi connectivity index (χ1v) is 4.14. The van der Waals surface area contributed by atoms with E-state index in [-0.39, 0.29) is 6.07 Å². The van der Waals surface area contributed by atoms with Gasteiger partial charge in [-0.15, -0.1) is 0 Å². The Morgan fingerprint density at radius 2 is 1.69 bits per heavy atom. The molecule has 1 aromatic rings. The Balaban J connectivity index is 3.17. The van der Waals surface area contributed by atoms with Crippen molar-refractivity contribution in [3.05, 3.63) is 34.9 Å². The van der Waals surface area contributed by atoms with E-state index in [4.69, 9.17) is 10.8 Å². The number of carboxylic acids is 1. The van der Waals surface area contributed by atoms with Gasteiger partial charge in [0, 0.05) is 18.1 Å². The normalized spacial score (nSPS) is 12.6. The summed E-state index contributed by atoms with van der Waals surface area (Å²) in [5.74, 6) is -7.97. The zero-order valence-electron chi connectivity index (χ0n) is 7.81. The molecular formula is C9H7F4NO2. The van der Waals surface area contributed by atoms with E-state index in [0.29, 0.717) is 0 Å². The van der Waals surface area contributed by atoms with E-state index in [0.717, 1.165) is 0 Å². The monoisotopic (exact) mass is 237 g/mol. The smallest absolute Gasteiger partial charge is 0.320 e. The Labute approximate surface area is 87.5 Å². The summed E-state index contributed by atoms with van der Waals surface area (Å²) in [6, 6.07) is -1.59. The molecule has 1 aromatic carbocycles. The average Bonchev–Trinajstić information content (AvgIpc) is 2.21. The van der Waals surface area contributed by atoms with Crippen LogP contribution in [0.15, 0.2) is 6.07 Å². The molecule has 1 rings (SSSR count). The molecule has 7 heteroatoms. The quantitative estimate of drug-likeness (QED) is 0.613. The molecule has 3 nitrogen and oxygen atoms in total. The van der Waals surface area contributed by atoms with E-state index in [1.54, 1.807) is 0 Å². The third kappa shape index (κ3) is 2.30. The summed E-state index contributed by atoms with van der Waals surface area (Å²) in [4.78, 5) is 10.3. The maximum atomic E-state index is 13.0. The maximum absolute atomic E-state index is 13.0. The molecule has 0 amide bonds. The molecule has 0 aliphatic carbocycles. The number of hydrogen-bond donors (Lipinski definition) is 2. The molecule has 0 bridgehead atoms. The van der Waals surface area contributed by atoms with E-state index in [9.17, 15) is 22.4 Å². The Morgan fingerprint density at radius 3 is 2.06 bits per heavy atom. The van der Waals surface area contributed by atoms with Crippen LogP contribution in [0.2, 0.25) is 0 Å². The summed E-state index contributed by atoms with van der Waals surface area (Å²) >= 11 is 0. The first kappa shape index (κ1) is 12.4. The van der Waals surface area contributed by atoms with Gasteiger partial charge in [0.2, 0.25) is 0 Å². The van der Waals surface area contributed by atoms with E-state index < -0.39 is 47.3 Å². The minimum absolute atomic E-state index is 0.0421. The molecule has 0 fully saturated rings. The fourth-order valence-corrected chi connectivity index (χ4v) is 1.11. The Morgan fingerprint density at radius 1 is 1.25 bits per heavy atom. The second-order valence-electron chi connectivity index (χ2n) is 3.10. The van der Waals surface area contributed by atoms with Gasteiger partial charge >= 0.3 is 5.97 Å². The van der Waals surface area contributed by atoms with Crippen molar-refractivity contribution < 1.29 is 27.5 Å². The Hall–Kier alpha value is -1.63. The van der Waals surface area contributed by atoms with Gasteiger partial charge in [0.25, 0.3) is 0 Å². The van der Waals surface area contributed by atoms with Crippen LogP contribution in [0.3, 0.4) is 0 Å². The molecule has 88 valence electrons. The van der Waals surface area contributed by atoms with Gasteiger partial charge in [-0.1, -0.05) is 0 Å². The molecule has 0 aliphatic heterocycles. The summed E-state index contributed by atoms with van der Waals surface area (Å²) in [5.41, 5.74) is 4.00. The first-order chi connectivity index (χ1) is 7.34. The van der Waals surface area contributed by atoms with Crippen LogP contribution in [0.5, 0.6) is 0 Å². The van der Waals surface area contributed by atoms with Gasteiger partial charge in [-0.05, 0) is 0 Å². The van der Waals surface area contributed by atoms with Crippen molar-refractivity contribution in [1.29, 1.82) is 0 Å². The highest BCUT2D eigenvalue weighted by molar-refractivity contribution is 5.73. The van der Waals surface area contributed by atoms with Crippen LogP contribution in [0.4, 0.5) is 17.6 Å². The van der Waals surface area contributed by atoms with E-state index in [1.165, 1.54) is 0 Å². The zero-order chi connectivity index (χ0) is 12.5. The van der Waals surface area contributed by atoms with Crippen molar-refractivity contribution in [3.8, 4) is 0 Å². The predicted octanol–water partition coefficient (Wildman–Crippen LogP) is 1.20. The standard InChI is InChI=1S/C9H7F4NO2/c10-4-2-5(11)8(13)3(7(4)12)1-6(14)9(15)16/h2,6H,1,14H2,(H,15,16). The molecule has 0 spiro atoms. The number of carboxylic acid groups (broad SMARTS) is 1. The van der Waals surface area contributed by atoms with Gasteiger partial charge in [0.1, 0.15) is 6.04 Å². The fraction of sp³-hybridized carbons (Fsp3) is 0.222. The highest BCUT2D eigenvalue weighted by Gasteiger charge is 2.23. The summed E-state index contributed by atoms with van der Waals surface area (Å²) in [7, 11) is 0. The average molecular weight is 237 g/mol. The minimum atomic E-state index is -1.63. The number of benzene rings is 1. The van der Waals surface area contributed by atoms with Crippen LogP contribution in [0.25, 0.3) is 0 Å². The molecular weight excluding hydrogens is 230 g/mol. The van der Waals surface area contributed by atoms with Crippen LogP contribution in [-0.2, 0) is 11.2 Å². The molecule has 3 N–H and O–H groups in total. The number of halogens is 4. The van der Waals surface area contributed by atoms with E-state index in [2.05, 4.69) is 0 Å². The molecule has 0 heterocycles. The number of carbonyl (C=O) groups is 1. The Bertz CT molecular complexity index is 410. The molecule has 0 saturated carbocycles. The fourth-order valence-electron chi connectivity index (χ4n) is 1.11. The lowest BCUT2D eigenvalue weighted by atomic mass is 10.0. The lowest BCUT2D eigenvalue weighted by molar-refractivity contribution is -0.138. The van der Waals surface area contributed by atoms with E-state index >= 15 is 0 Å². The summed E-state index contributed by atoms with van der Waals surface area (Å²) in [6.07, 6.45) is -0.832. The third-order valence-corrected chi connectivity index (χ3v) is 1.94. The molecule has 1 unspecified atom stereocenters. The van der Waals surface area contributed by atoms with Gasteiger partial charge in [0.15, 0.2) is 23.3 Å². The number of hydrogen-bond acceptors (Lipinski definition) is 2. The van der Waals surface area contributed by atoms with Crippen molar-refractivity contribution in [1.82, 2.24) is 0 Å². The van der Waals surface area contributed by atoms with Crippen LogP contribution in [-0.4, -0.2) is 17.1 Å². The van der Waals surface area contributed by atoms with Gasteiger partial charge < -0.3 is 10.8 Å². The highest BCUT2D eigenvalue weighted by atomic mass is 19.2. The van der Waals surface area contributed by atoms with Crippen molar-refractivity contribution in [2.45, 2.75) is 12.5 Å². The second-order valence-corrected chi connectivity index (χ2v) is 3.10. The van der Waals surface area contributed by atoms with Gasteiger partial charge in [-0.2, -0.15) is 0 Å². The third-order valence-electron chi connectivity index (χ3n) is 1.94. The number of rotatable bonds is 3. The van der Waals surface area contributed by atoms with Crippen LogP contribution in [0.1, 0.15) is 5.56 Å². The molecule has 0 aromatic heterocycles. The SMILES string of the molecule is NC(Cc1c(F)c(F)cc(F)c1F)C(=O)O. The van der Waals surface area contributed by atoms with Gasteiger partial charge in [-0.3, -0.25) is 4.79 Å². The Kier molecular flexibility index (Phi) is 3.48. The summed E-state index contributed by atoms with van der Waals surface area (Å²) in [5, 5.41) is 8.41. The van der Waals surface area contributed by atoms with Crippen molar-refractivity contribution in [2.75, 3.05) is 0 Å². The first-order valence-electron chi connectivity index (χ1n) is 4.14. The van der Waals surface area contributed by atoms with Crippen molar-refractivity contribution >= 4 is 5.97 Å². The predicted molar refractivity (Wildman–Crippen MR) is 45.6 cm³/mol. The van der Waals surface area contributed by atoms with Crippen LogP contribution in [0, 0.1) is 23.3 Å². The van der Waals surface area contributed by atoms with Crippen LogP contribution < -0.4 is 5.73 Å². The molecule has 16 heavy (non-hydrogen) atoms. The summed E-state index contributed by atoms with van der Waals surface area (Å²) < 4.78 is 51.5. The van der Waals surface area contributed by atoms with Crippen LogP contribution >= 0.6 is 0 Å². The molecule has 0 aliphatic rings. The van der Waals surface area contributed by atoms with Crippen molar-refractivity contribution in [3.63, 3.8) is 0 Å². The van der Waals surface area contributed by atoms with Gasteiger partial charge in [0.05, 0.1) is 0 Å². The second kappa shape index (κ2) is 4.48. The lowest BCUT2D eigenvalue weighted by Gasteiger charge is -2.09. The number of aliphatic carboxylic acids is 1. The summed E-state index contributed by atoms with van der Waals surface area (Å²) in [6.45, 7) is 0. The largest absolute Gasteiger partial charge is 0.480 e. The maximum Gasteiger partial charge on any atom is 0.320 e. The van der Waals surface area contributed by atoms with Gasteiger partial charge in [-0.25, -0.2) is 17.6 Å². The molecule has 0 radical (unpaired) electrons. The van der Waals surface area contributed by atoms with E-state index in [1.807, 2.05) is 0 Å². The minimum Gasteiger partial charge on any atom is -0.480 e. The molecule has 0 saturated heterocycles. The highest BCUT2D eigenvalue weighted by Crippen LogP contribution is 2.20. The molecule has 1 atom stereocenters. The topological polar surface area (TPSA) is 63.3 Å². The van der Waals surface area contributed by atoms with Crippen molar-refractivity contribution in [2.24, 2.45) is 5.73 Å².